The Labute approximate surface area is 181 Å². The maximum atomic E-state index is 12.8. The van der Waals surface area contributed by atoms with Crippen molar-refractivity contribution < 1.29 is 14.3 Å². The number of benzene rings is 2. The van der Waals surface area contributed by atoms with E-state index in [1.165, 1.54) is 0 Å². The monoisotopic (exact) mass is 409 g/mol. The zero-order valence-corrected chi connectivity index (χ0v) is 19.5. The van der Waals surface area contributed by atoms with Gasteiger partial charge < -0.3 is 14.8 Å². The van der Waals surface area contributed by atoms with Gasteiger partial charge in [0.15, 0.2) is 5.78 Å². The highest BCUT2D eigenvalue weighted by molar-refractivity contribution is 6.07. The lowest BCUT2D eigenvalue weighted by Crippen LogP contribution is -2.18. The lowest BCUT2D eigenvalue weighted by Gasteiger charge is -2.27. The number of carbonyl (C=O) groups excluding carboxylic acids is 1. The molecule has 2 aromatic rings. The summed E-state index contributed by atoms with van der Waals surface area (Å²) in [4.78, 5) is 12.8. The molecule has 0 spiro atoms. The number of allylic oxidation sites excluding steroid dienone is 1. The Hall–Kier alpha value is -2.75. The lowest BCUT2D eigenvalue weighted by atomic mass is 9.84. The molecule has 4 heteroatoms. The van der Waals surface area contributed by atoms with Gasteiger partial charge in [-0.1, -0.05) is 26.8 Å². The molecule has 0 saturated carbocycles. The first-order chi connectivity index (χ1) is 14.0. The minimum atomic E-state index is -0.115. The van der Waals surface area contributed by atoms with Crippen LogP contribution in [0, 0.1) is 0 Å². The first kappa shape index (κ1) is 23.5. The molecule has 0 aromatic heterocycles. The van der Waals surface area contributed by atoms with Crippen molar-refractivity contribution in [2.75, 3.05) is 12.4 Å². The van der Waals surface area contributed by atoms with Gasteiger partial charge >= 0.3 is 0 Å². The van der Waals surface area contributed by atoms with Crippen molar-refractivity contribution in [1.82, 2.24) is 0 Å². The summed E-state index contributed by atoms with van der Waals surface area (Å²) in [6, 6.07) is 11.5. The normalized spacial score (nSPS) is 11.9. The van der Waals surface area contributed by atoms with E-state index in [9.17, 15) is 4.79 Å². The minimum absolute atomic E-state index is 0.00246. The van der Waals surface area contributed by atoms with Crippen molar-refractivity contribution >= 4 is 17.5 Å². The van der Waals surface area contributed by atoms with Gasteiger partial charge in [-0.2, -0.15) is 0 Å². The van der Waals surface area contributed by atoms with E-state index in [-0.39, 0.29) is 23.4 Å². The van der Waals surface area contributed by atoms with Crippen LogP contribution in [0.2, 0.25) is 0 Å². The van der Waals surface area contributed by atoms with E-state index in [2.05, 4.69) is 32.2 Å². The standard InChI is InChI=1S/C26H35NO3/c1-17(2)29-24-16-14-22(26(5,6)7)25(30-18(3)4)21(24)13-15-23(28)19-9-11-20(27-8)12-10-19/h9-18,27H,1-8H3. The summed E-state index contributed by atoms with van der Waals surface area (Å²) in [5.74, 6) is 1.42. The average molecular weight is 410 g/mol. The van der Waals surface area contributed by atoms with Gasteiger partial charge in [0.05, 0.1) is 17.8 Å². The average Bonchev–Trinajstić information content (AvgIpc) is 2.65. The molecule has 30 heavy (non-hydrogen) atoms. The van der Waals surface area contributed by atoms with Gasteiger partial charge in [-0.25, -0.2) is 0 Å². The van der Waals surface area contributed by atoms with Crippen molar-refractivity contribution in [3.05, 3.63) is 59.2 Å². The number of rotatable bonds is 8. The fourth-order valence-electron chi connectivity index (χ4n) is 3.11. The molecule has 0 aliphatic heterocycles. The molecule has 0 aliphatic carbocycles. The van der Waals surface area contributed by atoms with Gasteiger partial charge in [0, 0.05) is 23.9 Å². The molecule has 0 amide bonds. The topological polar surface area (TPSA) is 47.6 Å². The van der Waals surface area contributed by atoms with Crippen LogP contribution in [-0.2, 0) is 5.41 Å². The van der Waals surface area contributed by atoms with Crippen molar-refractivity contribution in [3.8, 4) is 11.5 Å². The molecule has 0 atom stereocenters. The number of ketones is 1. The van der Waals surface area contributed by atoms with Gasteiger partial charge in [-0.05, 0) is 75.6 Å². The van der Waals surface area contributed by atoms with Crippen molar-refractivity contribution in [1.29, 1.82) is 0 Å². The van der Waals surface area contributed by atoms with Crippen LogP contribution in [0.1, 0.15) is 70.0 Å². The van der Waals surface area contributed by atoms with Crippen LogP contribution in [0.25, 0.3) is 6.08 Å². The fourth-order valence-corrected chi connectivity index (χ4v) is 3.11. The molecule has 2 aromatic carbocycles. The Morgan fingerprint density at radius 3 is 2.03 bits per heavy atom. The number of carbonyl (C=O) groups is 1. The molecule has 0 radical (unpaired) electrons. The zero-order chi connectivity index (χ0) is 22.5. The summed E-state index contributed by atoms with van der Waals surface area (Å²) in [6.45, 7) is 14.4. The summed E-state index contributed by atoms with van der Waals surface area (Å²) in [5, 5.41) is 3.06. The van der Waals surface area contributed by atoms with E-state index in [0.29, 0.717) is 11.3 Å². The summed E-state index contributed by atoms with van der Waals surface area (Å²) in [5.41, 5.74) is 3.36. The molecule has 0 aliphatic rings. The maximum absolute atomic E-state index is 12.8. The lowest BCUT2D eigenvalue weighted by molar-refractivity contribution is 0.104. The number of hydrogen-bond acceptors (Lipinski definition) is 4. The second kappa shape index (κ2) is 9.84. The minimum Gasteiger partial charge on any atom is -0.490 e. The van der Waals surface area contributed by atoms with Crippen LogP contribution >= 0.6 is 0 Å². The van der Waals surface area contributed by atoms with Crippen LogP contribution in [-0.4, -0.2) is 25.0 Å². The number of hydrogen-bond donors (Lipinski definition) is 1. The third kappa shape index (κ3) is 6.12. The second-order valence-corrected chi connectivity index (χ2v) is 8.96. The Bertz CT molecular complexity index is 888. The number of nitrogens with one attached hydrogen (secondary N) is 1. The highest BCUT2D eigenvalue weighted by Gasteiger charge is 2.24. The molecule has 2 rings (SSSR count). The van der Waals surface area contributed by atoms with Crippen LogP contribution < -0.4 is 14.8 Å². The second-order valence-electron chi connectivity index (χ2n) is 8.96. The van der Waals surface area contributed by atoms with Crippen molar-refractivity contribution in [3.63, 3.8) is 0 Å². The first-order valence-corrected chi connectivity index (χ1v) is 10.5. The Morgan fingerprint density at radius 1 is 0.933 bits per heavy atom. The number of anilines is 1. The quantitative estimate of drug-likeness (QED) is 0.399. The van der Waals surface area contributed by atoms with E-state index >= 15 is 0 Å². The smallest absolute Gasteiger partial charge is 0.185 e. The number of ether oxygens (including phenoxy) is 2. The van der Waals surface area contributed by atoms with Gasteiger partial charge in [-0.15, -0.1) is 0 Å². The van der Waals surface area contributed by atoms with Crippen LogP contribution in [0.4, 0.5) is 5.69 Å². The van der Waals surface area contributed by atoms with Crippen LogP contribution in [0.3, 0.4) is 0 Å². The third-order valence-electron chi connectivity index (χ3n) is 4.54. The Balaban J connectivity index is 2.54. The third-order valence-corrected chi connectivity index (χ3v) is 4.54. The fraction of sp³-hybridized carbons (Fsp3) is 0.423. The molecule has 0 heterocycles. The van der Waals surface area contributed by atoms with E-state index in [4.69, 9.17) is 9.47 Å². The van der Waals surface area contributed by atoms with Gasteiger partial charge in [0.2, 0.25) is 0 Å². The summed E-state index contributed by atoms with van der Waals surface area (Å²) in [6.07, 6.45) is 3.42. The zero-order valence-electron chi connectivity index (χ0n) is 19.5. The van der Waals surface area contributed by atoms with E-state index < -0.39 is 0 Å². The molecule has 1 N–H and O–H groups in total. The molecule has 0 fully saturated rings. The highest BCUT2D eigenvalue weighted by Crippen LogP contribution is 2.40. The summed E-state index contributed by atoms with van der Waals surface area (Å²) < 4.78 is 12.3. The van der Waals surface area contributed by atoms with E-state index in [1.807, 2.05) is 71.2 Å². The Kier molecular flexibility index (Phi) is 7.71. The molecule has 0 saturated heterocycles. The van der Waals surface area contributed by atoms with Crippen molar-refractivity contribution in [2.45, 2.75) is 66.1 Å². The van der Waals surface area contributed by atoms with E-state index in [1.54, 1.807) is 6.08 Å². The molecular weight excluding hydrogens is 374 g/mol. The maximum Gasteiger partial charge on any atom is 0.185 e. The first-order valence-electron chi connectivity index (χ1n) is 10.5. The largest absolute Gasteiger partial charge is 0.490 e. The SMILES string of the molecule is CNc1ccc(C(=O)C=Cc2c(OC(C)C)ccc(C(C)(C)C)c2OC(C)C)cc1. The van der Waals surface area contributed by atoms with Crippen LogP contribution in [0.15, 0.2) is 42.5 Å². The molecule has 0 unspecified atom stereocenters. The molecular formula is C26H35NO3. The summed E-state index contributed by atoms with van der Waals surface area (Å²) in [7, 11) is 1.85. The van der Waals surface area contributed by atoms with Gasteiger partial charge in [0.1, 0.15) is 11.5 Å². The van der Waals surface area contributed by atoms with Gasteiger partial charge in [-0.3, -0.25) is 4.79 Å². The van der Waals surface area contributed by atoms with E-state index in [0.717, 1.165) is 22.6 Å². The predicted molar refractivity (Wildman–Crippen MR) is 126 cm³/mol. The highest BCUT2D eigenvalue weighted by atomic mass is 16.5. The molecule has 4 nitrogen and oxygen atoms in total. The Morgan fingerprint density at radius 2 is 1.53 bits per heavy atom. The molecule has 162 valence electrons. The van der Waals surface area contributed by atoms with Gasteiger partial charge in [0.25, 0.3) is 0 Å². The summed E-state index contributed by atoms with van der Waals surface area (Å²) >= 11 is 0. The molecule has 0 bridgehead atoms. The van der Waals surface area contributed by atoms with Crippen molar-refractivity contribution in [2.24, 2.45) is 0 Å². The predicted octanol–water partition coefficient (Wildman–Crippen LogP) is 6.50. The van der Waals surface area contributed by atoms with Crippen LogP contribution in [0.5, 0.6) is 11.5 Å².